The van der Waals surface area contributed by atoms with Crippen molar-refractivity contribution in [2.24, 2.45) is 0 Å². The lowest BCUT2D eigenvalue weighted by molar-refractivity contribution is -0.147. The van der Waals surface area contributed by atoms with Gasteiger partial charge in [-0.1, -0.05) is 29.3 Å². The zero-order valence-electron chi connectivity index (χ0n) is 13.0. The van der Waals surface area contributed by atoms with Crippen LogP contribution in [-0.2, 0) is 20.7 Å². The van der Waals surface area contributed by atoms with Gasteiger partial charge in [0.25, 0.3) is 5.91 Å². The first-order valence-electron chi connectivity index (χ1n) is 7.26. The molecule has 0 saturated heterocycles. The molecule has 0 aliphatic carbocycles. The van der Waals surface area contributed by atoms with E-state index < -0.39 is 11.9 Å². The smallest absolute Gasteiger partial charge is 0.306 e. The summed E-state index contributed by atoms with van der Waals surface area (Å²) in [6, 6.07) is 5.49. The standard InChI is InChI=1S/C16H16Cl2N2O3S/c1-10-12(17)8-13(18)16(19-10)20-14(21)9-23-15(22)6-2-4-11-5-3-7-24-11/h3,5,7-8H,2,4,6,9H2,1H3,(H,19,20,21). The Hall–Kier alpha value is -1.63. The Morgan fingerprint density at radius 2 is 2.12 bits per heavy atom. The van der Waals surface area contributed by atoms with Gasteiger partial charge >= 0.3 is 5.97 Å². The number of amides is 1. The van der Waals surface area contributed by atoms with Gasteiger partial charge in [-0.25, -0.2) is 4.98 Å². The fourth-order valence-corrected chi connectivity index (χ4v) is 3.05. The van der Waals surface area contributed by atoms with Gasteiger partial charge in [0.15, 0.2) is 12.4 Å². The molecule has 0 unspecified atom stereocenters. The Morgan fingerprint density at radius 1 is 1.33 bits per heavy atom. The number of carbonyl (C=O) groups excluding carboxylic acids is 2. The molecule has 2 rings (SSSR count). The summed E-state index contributed by atoms with van der Waals surface area (Å²) in [5.41, 5.74) is 0.543. The molecule has 0 aromatic carbocycles. The molecule has 24 heavy (non-hydrogen) atoms. The molecule has 0 aliphatic rings. The van der Waals surface area contributed by atoms with Crippen LogP contribution in [0.5, 0.6) is 0 Å². The van der Waals surface area contributed by atoms with Crippen molar-refractivity contribution < 1.29 is 14.3 Å². The molecule has 2 aromatic rings. The minimum atomic E-state index is -0.502. The lowest BCUT2D eigenvalue weighted by Crippen LogP contribution is -2.21. The van der Waals surface area contributed by atoms with E-state index in [1.165, 1.54) is 10.9 Å². The van der Waals surface area contributed by atoms with E-state index in [9.17, 15) is 9.59 Å². The number of ether oxygens (including phenoxy) is 1. The largest absolute Gasteiger partial charge is 0.456 e. The second-order valence-corrected chi connectivity index (χ2v) is 6.87. The molecule has 1 amide bonds. The molecule has 0 saturated carbocycles. The quantitative estimate of drug-likeness (QED) is 0.721. The first-order chi connectivity index (χ1) is 11.5. The fraction of sp³-hybridized carbons (Fsp3) is 0.312. The van der Waals surface area contributed by atoms with Gasteiger partial charge < -0.3 is 10.1 Å². The molecular formula is C16H16Cl2N2O3S. The maximum atomic E-state index is 11.8. The molecule has 1 N–H and O–H groups in total. The number of nitrogens with one attached hydrogen (secondary N) is 1. The fourth-order valence-electron chi connectivity index (χ4n) is 1.89. The van der Waals surface area contributed by atoms with Gasteiger partial charge in [-0.2, -0.15) is 0 Å². The lowest BCUT2D eigenvalue weighted by Gasteiger charge is -2.09. The number of nitrogens with zero attached hydrogens (tertiary/aromatic N) is 1. The maximum Gasteiger partial charge on any atom is 0.306 e. The first-order valence-corrected chi connectivity index (χ1v) is 8.89. The van der Waals surface area contributed by atoms with Crippen molar-refractivity contribution in [1.82, 2.24) is 4.98 Å². The van der Waals surface area contributed by atoms with Crippen molar-refractivity contribution >= 4 is 52.2 Å². The topological polar surface area (TPSA) is 68.3 Å². The number of aryl methyl sites for hydroxylation is 2. The second-order valence-electron chi connectivity index (χ2n) is 5.03. The van der Waals surface area contributed by atoms with E-state index in [-0.39, 0.29) is 23.9 Å². The van der Waals surface area contributed by atoms with Crippen molar-refractivity contribution in [2.45, 2.75) is 26.2 Å². The minimum Gasteiger partial charge on any atom is -0.456 e. The third-order valence-corrected chi connectivity index (χ3v) is 4.72. The molecule has 0 fully saturated rings. The van der Waals surface area contributed by atoms with Crippen LogP contribution in [0.4, 0.5) is 5.82 Å². The van der Waals surface area contributed by atoms with E-state index in [1.54, 1.807) is 18.3 Å². The van der Waals surface area contributed by atoms with Gasteiger partial charge in [0.05, 0.1) is 15.7 Å². The monoisotopic (exact) mass is 386 g/mol. The van der Waals surface area contributed by atoms with Crippen molar-refractivity contribution in [1.29, 1.82) is 0 Å². The number of rotatable bonds is 7. The summed E-state index contributed by atoms with van der Waals surface area (Å²) in [7, 11) is 0. The third kappa shape index (κ3) is 5.78. The van der Waals surface area contributed by atoms with E-state index >= 15 is 0 Å². The zero-order chi connectivity index (χ0) is 17.5. The number of hydrogen-bond acceptors (Lipinski definition) is 5. The van der Waals surface area contributed by atoms with E-state index in [4.69, 9.17) is 27.9 Å². The number of halogens is 2. The van der Waals surface area contributed by atoms with E-state index in [1.807, 2.05) is 17.5 Å². The molecule has 0 bridgehead atoms. The summed E-state index contributed by atoms with van der Waals surface area (Å²) >= 11 is 13.5. The molecule has 0 atom stereocenters. The summed E-state index contributed by atoms with van der Waals surface area (Å²) in [5, 5.41) is 5.13. The molecule has 128 valence electrons. The average molecular weight is 387 g/mol. The number of pyridine rings is 1. The van der Waals surface area contributed by atoms with Crippen LogP contribution in [0.3, 0.4) is 0 Å². The summed E-state index contributed by atoms with van der Waals surface area (Å²) in [4.78, 5) is 28.7. The highest BCUT2D eigenvalue weighted by molar-refractivity contribution is 7.09. The highest BCUT2D eigenvalue weighted by Gasteiger charge is 2.12. The normalized spacial score (nSPS) is 10.5. The van der Waals surface area contributed by atoms with Crippen LogP contribution < -0.4 is 5.32 Å². The Morgan fingerprint density at radius 3 is 2.83 bits per heavy atom. The number of aromatic nitrogens is 1. The van der Waals surface area contributed by atoms with Gasteiger partial charge in [0.2, 0.25) is 0 Å². The number of esters is 1. The minimum absolute atomic E-state index is 0.192. The van der Waals surface area contributed by atoms with Gasteiger partial charge in [-0.05, 0) is 37.3 Å². The van der Waals surface area contributed by atoms with Gasteiger partial charge in [-0.15, -0.1) is 11.3 Å². The molecule has 8 heteroatoms. The van der Waals surface area contributed by atoms with E-state index in [2.05, 4.69) is 10.3 Å². The number of hydrogen-bond donors (Lipinski definition) is 1. The Labute approximate surface area is 153 Å². The van der Waals surface area contributed by atoms with Crippen molar-refractivity contribution in [3.05, 3.63) is 44.2 Å². The van der Waals surface area contributed by atoms with Gasteiger partial charge in [0.1, 0.15) is 0 Å². The number of anilines is 1. The lowest BCUT2D eigenvalue weighted by atomic mass is 10.2. The summed E-state index contributed by atoms with van der Waals surface area (Å²) in [5.74, 6) is -0.719. The average Bonchev–Trinajstić information content (AvgIpc) is 3.04. The van der Waals surface area contributed by atoms with Crippen molar-refractivity contribution in [2.75, 3.05) is 11.9 Å². The molecule has 5 nitrogen and oxygen atoms in total. The maximum absolute atomic E-state index is 11.8. The van der Waals surface area contributed by atoms with Gasteiger partial charge in [-0.3, -0.25) is 9.59 Å². The molecule has 0 spiro atoms. The number of thiophene rings is 1. The molecular weight excluding hydrogens is 371 g/mol. The summed E-state index contributed by atoms with van der Waals surface area (Å²) in [6.45, 7) is 1.32. The van der Waals surface area contributed by atoms with Crippen LogP contribution in [-0.4, -0.2) is 23.5 Å². The zero-order valence-corrected chi connectivity index (χ0v) is 15.3. The van der Waals surface area contributed by atoms with Crippen LogP contribution in [0.15, 0.2) is 23.6 Å². The van der Waals surface area contributed by atoms with Gasteiger partial charge in [0, 0.05) is 11.3 Å². The Balaban J connectivity index is 1.72. The van der Waals surface area contributed by atoms with E-state index in [0.717, 1.165) is 6.42 Å². The first kappa shape index (κ1) is 18.7. The van der Waals surface area contributed by atoms with Crippen LogP contribution in [0.2, 0.25) is 10.0 Å². The molecule has 0 radical (unpaired) electrons. The number of carbonyl (C=O) groups is 2. The van der Waals surface area contributed by atoms with Crippen LogP contribution >= 0.6 is 34.5 Å². The Kier molecular flexibility index (Phi) is 7.02. The highest BCUT2D eigenvalue weighted by Crippen LogP contribution is 2.25. The summed E-state index contributed by atoms with van der Waals surface area (Å²) < 4.78 is 4.94. The summed E-state index contributed by atoms with van der Waals surface area (Å²) in [6.07, 6.45) is 1.78. The molecule has 0 aliphatic heterocycles. The van der Waals surface area contributed by atoms with Crippen molar-refractivity contribution in [3.63, 3.8) is 0 Å². The Bertz CT molecular complexity index is 720. The van der Waals surface area contributed by atoms with Crippen molar-refractivity contribution in [3.8, 4) is 0 Å². The van der Waals surface area contributed by atoms with Crippen LogP contribution in [0, 0.1) is 6.92 Å². The predicted octanol–water partition coefficient (Wildman–Crippen LogP) is 4.26. The van der Waals surface area contributed by atoms with E-state index in [0.29, 0.717) is 17.1 Å². The van der Waals surface area contributed by atoms with Crippen LogP contribution in [0.25, 0.3) is 0 Å². The third-order valence-electron chi connectivity index (χ3n) is 3.11. The molecule has 2 heterocycles. The SMILES string of the molecule is Cc1nc(NC(=O)COC(=O)CCCc2cccs2)c(Cl)cc1Cl. The predicted molar refractivity (Wildman–Crippen MR) is 95.8 cm³/mol. The highest BCUT2D eigenvalue weighted by atomic mass is 35.5. The van der Waals surface area contributed by atoms with Crippen LogP contribution in [0.1, 0.15) is 23.4 Å². The molecule has 2 aromatic heterocycles. The second kappa shape index (κ2) is 9.01.